The fourth-order valence-electron chi connectivity index (χ4n) is 3.84. The summed E-state index contributed by atoms with van der Waals surface area (Å²) in [5.74, 6) is 0.415. The van der Waals surface area contributed by atoms with Gasteiger partial charge in [0.05, 0.1) is 10.6 Å². The molecular formula is C15H21FN2O2S. The second-order valence-corrected chi connectivity index (χ2v) is 8.19. The highest BCUT2D eigenvalue weighted by atomic mass is 32.2. The number of hydrogen-bond donors (Lipinski definition) is 1. The van der Waals surface area contributed by atoms with E-state index in [2.05, 4.69) is 0 Å². The van der Waals surface area contributed by atoms with Crippen LogP contribution < -0.4 is 5.73 Å². The highest BCUT2D eigenvalue weighted by Crippen LogP contribution is 2.41. The van der Waals surface area contributed by atoms with Crippen LogP contribution in [-0.4, -0.2) is 25.8 Å². The standard InChI is InChI=1S/C15H21FN2O2S/c1-9-6-13(16)14(17)10(2)15(9)21(19,20)18-7-11-4-3-5-12(11)8-18/h6,11-12H,3-5,7-8,17H2,1-2H3. The molecule has 6 heteroatoms. The van der Waals surface area contributed by atoms with Gasteiger partial charge in [-0.05, 0) is 55.7 Å². The molecule has 4 nitrogen and oxygen atoms in total. The van der Waals surface area contributed by atoms with Crippen LogP contribution >= 0.6 is 0 Å². The van der Waals surface area contributed by atoms with E-state index in [-0.39, 0.29) is 10.6 Å². The molecular weight excluding hydrogens is 291 g/mol. The van der Waals surface area contributed by atoms with Crippen molar-refractivity contribution in [2.45, 2.75) is 38.0 Å². The van der Waals surface area contributed by atoms with Crippen LogP contribution in [0.2, 0.25) is 0 Å². The molecule has 116 valence electrons. The summed E-state index contributed by atoms with van der Waals surface area (Å²) < 4.78 is 41.0. The fourth-order valence-corrected chi connectivity index (χ4v) is 5.84. The first kappa shape index (κ1) is 14.8. The maximum Gasteiger partial charge on any atom is 0.243 e. The molecule has 3 rings (SSSR count). The number of nitrogens with two attached hydrogens (primary N) is 1. The van der Waals surface area contributed by atoms with Crippen molar-refractivity contribution in [3.63, 3.8) is 0 Å². The van der Waals surface area contributed by atoms with Crippen LogP contribution in [0.1, 0.15) is 30.4 Å². The van der Waals surface area contributed by atoms with E-state index in [0.29, 0.717) is 36.1 Å². The van der Waals surface area contributed by atoms with Crippen molar-refractivity contribution in [2.75, 3.05) is 18.8 Å². The fraction of sp³-hybridized carbons (Fsp3) is 0.600. The number of aryl methyl sites for hydroxylation is 1. The van der Waals surface area contributed by atoms with Crippen molar-refractivity contribution >= 4 is 15.7 Å². The average Bonchev–Trinajstić information content (AvgIpc) is 2.96. The normalized spacial score (nSPS) is 26.2. The summed E-state index contributed by atoms with van der Waals surface area (Å²) in [4.78, 5) is 0.182. The van der Waals surface area contributed by atoms with Crippen LogP contribution in [0.4, 0.5) is 10.1 Å². The Balaban J connectivity index is 2.02. The summed E-state index contributed by atoms with van der Waals surface area (Å²) in [7, 11) is -3.59. The van der Waals surface area contributed by atoms with Crippen molar-refractivity contribution in [1.29, 1.82) is 0 Å². The van der Waals surface area contributed by atoms with Crippen LogP contribution in [0, 0.1) is 31.5 Å². The first-order chi connectivity index (χ1) is 9.82. The molecule has 2 fully saturated rings. The number of benzene rings is 1. The van der Waals surface area contributed by atoms with Gasteiger partial charge in [-0.2, -0.15) is 4.31 Å². The molecule has 1 aliphatic heterocycles. The summed E-state index contributed by atoms with van der Waals surface area (Å²) in [6.45, 7) is 4.38. The van der Waals surface area contributed by atoms with Crippen molar-refractivity contribution in [1.82, 2.24) is 4.31 Å². The number of anilines is 1. The minimum atomic E-state index is -3.59. The second-order valence-electron chi connectivity index (χ2n) is 6.32. The van der Waals surface area contributed by atoms with E-state index >= 15 is 0 Å². The minimum Gasteiger partial charge on any atom is -0.396 e. The Morgan fingerprint density at radius 3 is 2.38 bits per heavy atom. The van der Waals surface area contributed by atoms with E-state index in [9.17, 15) is 12.8 Å². The number of sulfonamides is 1. The molecule has 2 unspecified atom stereocenters. The van der Waals surface area contributed by atoms with E-state index in [1.165, 1.54) is 12.5 Å². The predicted octanol–water partition coefficient (Wildman–Crippen LogP) is 2.45. The van der Waals surface area contributed by atoms with E-state index in [1.54, 1.807) is 18.2 Å². The highest BCUT2D eigenvalue weighted by molar-refractivity contribution is 7.89. The van der Waals surface area contributed by atoms with Gasteiger partial charge in [-0.15, -0.1) is 0 Å². The van der Waals surface area contributed by atoms with Gasteiger partial charge < -0.3 is 5.73 Å². The molecule has 1 saturated heterocycles. The SMILES string of the molecule is Cc1cc(F)c(N)c(C)c1S(=O)(=O)N1CC2CCCC2C1. The summed E-state index contributed by atoms with van der Waals surface area (Å²) >= 11 is 0. The molecule has 0 bridgehead atoms. The Labute approximate surface area is 125 Å². The van der Waals surface area contributed by atoms with Gasteiger partial charge in [0.25, 0.3) is 0 Å². The maximum atomic E-state index is 13.6. The van der Waals surface area contributed by atoms with Crippen LogP contribution in [0.25, 0.3) is 0 Å². The molecule has 1 aromatic rings. The van der Waals surface area contributed by atoms with Crippen LogP contribution in [-0.2, 0) is 10.0 Å². The second kappa shape index (κ2) is 4.95. The molecule has 0 spiro atoms. The number of halogens is 1. The zero-order valence-electron chi connectivity index (χ0n) is 12.4. The van der Waals surface area contributed by atoms with Gasteiger partial charge in [0.1, 0.15) is 5.82 Å². The number of hydrogen-bond acceptors (Lipinski definition) is 3. The third kappa shape index (κ3) is 2.25. The summed E-state index contributed by atoms with van der Waals surface area (Å²) in [6, 6.07) is 1.21. The lowest BCUT2D eigenvalue weighted by Crippen LogP contribution is -2.31. The Morgan fingerprint density at radius 2 is 1.81 bits per heavy atom. The van der Waals surface area contributed by atoms with Crippen molar-refractivity contribution < 1.29 is 12.8 Å². The summed E-state index contributed by atoms with van der Waals surface area (Å²) in [5.41, 5.74) is 6.36. The smallest absolute Gasteiger partial charge is 0.243 e. The van der Waals surface area contributed by atoms with E-state index in [0.717, 1.165) is 12.8 Å². The third-order valence-corrected chi connectivity index (χ3v) is 7.12. The van der Waals surface area contributed by atoms with Crippen molar-refractivity contribution in [3.8, 4) is 0 Å². The van der Waals surface area contributed by atoms with Gasteiger partial charge in [0.15, 0.2) is 0 Å². The zero-order chi connectivity index (χ0) is 15.4. The first-order valence-corrected chi connectivity index (χ1v) is 8.81. The van der Waals surface area contributed by atoms with Gasteiger partial charge in [-0.3, -0.25) is 0 Å². The summed E-state index contributed by atoms with van der Waals surface area (Å²) in [6.07, 6.45) is 3.42. The number of nitrogens with zero attached hydrogens (tertiary/aromatic N) is 1. The molecule has 1 aliphatic carbocycles. The Morgan fingerprint density at radius 1 is 1.24 bits per heavy atom. The van der Waals surface area contributed by atoms with Gasteiger partial charge in [-0.1, -0.05) is 6.42 Å². The number of fused-ring (bicyclic) bond motifs is 1. The van der Waals surface area contributed by atoms with Gasteiger partial charge in [-0.25, -0.2) is 12.8 Å². The monoisotopic (exact) mass is 312 g/mol. The quantitative estimate of drug-likeness (QED) is 0.853. The van der Waals surface area contributed by atoms with E-state index in [1.807, 2.05) is 0 Å². The molecule has 0 radical (unpaired) electrons. The molecule has 0 amide bonds. The largest absolute Gasteiger partial charge is 0.396 e. The lowest BCUT2D eigenvalue weighted by Gasteiger charge is -2.21. The molecule has 2 N–H and O–H groups in total. The van der Waals surface area contributed by atoms with Gasteiger partial charge >= 0.3 is 0 Å². The topological polar surface area (TPSA) is 63.4 Å². The lowest BCUT2D eigenvalue weighted by molar-refractivity contribution is 0.444. The third-order valence-electron chi connectivity index (χ3n) is 4.99. The molecule has 1 heterocycles. The molecule has 2 aliphatic rings. The molecule has 21 heavy (non-hydrogen) atoms. The van der Waals surface area contributed by atoms with Gasteiger partial charge in [0.2, 0.25) is 10.0 Å². The molecule has 2 atom stereocenters. The predicted molar refractivity (Wildman–Crippen MR) is 79.9 cm³/mol. The van der Waals surface area contributed by atoms with E-state index in [4.69, 9.17) is 5.73 Å². The minimum absolute atomic E-state index is 0.0708. The molecule has 1 saturated carbocycles. The van der Waals surface area contributed by atoms with Gasteiger partial charge in [0, 0.05) is 13.1 Å². The average molecular weight is 312 g/mol. The Bertz CT molecular complexity index is 675. The Hall–Kier alpha value is -1.14. The van der Waals surface area contributed by atoms with Crippen LogP contribution in [0.3, 0.4) is 0 Å². The van der Waals surface area contributed by atoms with Crippen molar-refractivity contribution in [3.05, 3.63) is 23.0 Å². The number of nitrogen functional groups attached to an aromatic ring is 1. The highest BCUT2D eigenvalue weighted by Gasteiger charge is 2.42. The molecule has 1 aromatic carbocycles. The number of rotatable bonds is 2. The lowest BCUT2D eigenvalue weighted by atomic mass is 10.0. The van der Waals surface area contributed by atoms with Crippen LogP contribution in [0.5, 0.6) is 0 Å². The zero-order valence-corrected chi connectivity index (χ0v) is 13.2. The van der Waals surface area contributed by atoms with Crippen molar-refractivity contribution in [2.24, 2.45) is 11.8 Å². The van der Waals surface area contributed by atoms with Crippen LogP contribution in [0.15, 0.2) is 11.0 Å². The Kier molecular flexibility index (Phi) is 3.48. The van der Waals surface area contributed by atoms with E-state index < -0.39 is 15.8 Å². The maximum absolute atomic E-state index is 13.6. The molecule has 0 aromatic heterocycles. The first-order valence-electron chi connectivity index (χ1n) is 7.37. The summed E-state index contributed by atoms with van der Waals surface area (Å²) in [5, 5.41) is 0.